The second-order valence-electron chi connectivity index (χ2n) is 5.77. The van der Waals surface area contributed by atoms with Gasteiger partial charge in [0, 0.05) is 24.2 Å². The highest BCUT2D eigenvalue weighted by Gasteiger charge is 2.12. The minimum absolute atomic E-state index is 0.101. The second-order valence-corrected chi connectivity index (χ2v) is 7.78. The molecule has 1 aromatic carbocycles. The predicted octanol–water partition coefficient (Wildman–Crippen LogP) is 2.65. The van der Waals surface area contributed by atoms with Gasteiger partial charge in [0.15, 0.2) is 9.84 Å². The zero-order chi connectivity index (χ0) is 18.7. The molecule has 0 saturated heterocycles. The van der Waals surface area contributed by atoms with Gasteiger partial charge in [-0.1, -0.05) is 12.1 Å². The summed E-state index contributed by atoms with van der Waals surface area (Å²) in [4.78, 5) is 8.22. The van der Waals surface area contributed by atoms with Crippen molar-refractivity contribution in [3.63, 3.8) is 0 Å². The van der Waals surface area contributed by atoms with Crippen LogP contribution in [0.15, 0.2) is 53.8 Å². The number of nitrogens with one attached hydrogen (secondary N) is 1. The third-order valence-corrected chi connectivity index (χ3v) is 4.79. The first-order valence-electron chi connectivity index (χ1n) is 7.70. The average Bonchev–Trinajstić information content (AvgIpc) is 2.62. The number of hydrogen-bond acceptors (Lipinski definition) is 7. The zero-order valence-electron chi connectivity index (χ0n) is 14.1. The first-order chi connectivity index (χ1) is 12.3. The number of aromatic nitrogens is 4. The van der Waals surface area contributed by atoms with Gasteiger partial charge in [0.25, 0.3) is 0 Å². The summed E-state index contributed by atoms with van der Waals surface area (Å²) in [6.45, 7) is 1.89. The Bertz CT molecular complexity index is 1010. The van der Waals surface area contributed by atoms with Crippen LogP contribution in [0.4, 0.5) is 10.3 Å². The monoisotopic (exact) mass is 373 g/mol. The van der Waals surface area contributed by atoms with Crippen LogP contribution in [0.5, 0.6) is 0 Å². The molecule has 7 nitrogen and oxygen atoms in total. The summed E-state index contributed by atoms with van der Waals surface area (Å²) in [6.07, 6.45) is 5.37. The van der Waals surface area contributed by atoms with E-state index in [-0.39, 0.29) is 16.8 Å². The molecule has 0 radical (unpaired) electrons. The lowest BCUT2D eigenvalue weighted by atomic mass is 10.1. The van der Waals surface area contributed by atoms with Gasteiger partial charge in [0.05, 0.1) is 17.1 Å². The lowest BCUT2D eigenvalue weighted by molar-refractivity contribution is 0.601. The molecule has 0 aliphatic rings. The van der Waals surface area contributed by atoms with Crippen LogP contribution >= 0.6 is 0 Å². The molecule has 1 atom stereocenters. The van der Waals surface area contributed by atoms with Gasteiger partial charge in [-0.25, -0.2) is 17.8 Å². The fourth-order valence-electron chi connectivity index (χ4n) is 2.26. The van der Waals surface area contributed by atoms with E-state index in [4.69, 9.17) is 0 Å². The van der Waals surface area contributed by atoms with Crippen molar-refractivity contribution >= 4 is 15.8 Å². The van der Waals surface area contributed by atoms with Gasteiger partial charge >= 0.3 is 0 Å². The Labute approximate surface area is 150 Å². The van der Waals surface area contributed by atoms with Crippen LogP contribution in [0.25, 0.3) is 11.3 Å². The summed E-state index contributed by atoms with van der Waals surface area (Å²) < 4.78 is 36.2. The number of halogens is 1. The molecule has 0 fully saturated rings. The highest BCUT2D eigenvalue weighted by molar-refractivity contribution is 7.90. The third kappa shape index (κ3) is 4.17. The molecule has 3 aromatic rings. The summed E-state index contributed by atoms with van der Waals surface area (Å²) in [7, 11) is -3.36. The maximum absolute atomic E-state index is 13.0. The Kier molecular flexibility index (Phi) is 4.90. The fraction of sp³-hybridized carbons (Fsp3) is 0.176. The number of sulfone groups is 1. The van der Waals surface area contributed by atoms with Gasteiger partial charge in [0.2, 0.25) is 5.95 Å². The van der Waals surface area contributed by atoms with E-state index < -0.39 is 9.84 Å². The summed E-state index contributed by atoms with van der Waals surface area (Å²) >= 11 is 0. The highest BCUT2D eigenvalue weighted by Crippen LogP contribution is 2.20. The molecule has 3 rings (SSSR count). The van der Waals surface area contributed by atoms with E-state index >= 15 is 0 Å². The molecule has 0 aliphatic heterocycles. The Hall–Kier alpha value is -2.94. The largest absolute Gasteiger partial charge is 0.346 e. The normalized spacial score (nSPS) is 12.6. The summed E-state index contributed by atoms with van der Waals surface area (Å²) in [5.74, 6) is 0.00551. The first-order valence-corrected chi connectivity index (χ1v) is 9.59. The van der Waals surface area contributed by atoms with E-state index in [1.54, 1.807) is 12.1 Å². The van der Waals surface area contributed by atoms with Crippen molar-refractivity contribution < 1.29 is 12.8 Å². The SMILES string of the molecule is CC(Nc1ncc(-c2cncc(S(C)(=O)=O)c2)nn1)c1ccc(F)cc1. The molecule has 1 N–H and O–H groups in total. The van der Waals surface area contributed by atoms with E-state index in [2.05, 4.69) is 25.5 Å². The molecule has 1 unspecified atom stereocenters. The summed E-state index contributed by atoms with van der Waals surface area (Å²) in [6, 6.07) is 7.46. The van der Waals surface area contributed by atoms with Crippen molar-refractivity contribution in [2.75, 3.05) is 11.6 Å². The zero-order valence-corrected chi connectivity index (χ0v) is 14.9. The van der Waals surface area contributed by atoms with Crippen molar-refractivity contribution in [3.8, 4) is 11.3 Å². The van der Waals surface area contributed by atoms with Crippen LogP contribution in [0, 0.1) is 5.82 Å². The van der Waals surface area contributed by atoms with Gasteiger partial charge in [0.1, 0.15) is 11.5 Å². The number of rotatable bonds is 5. The minimum Gasteiger partial charge on any atom is -0.346 e. The number of nitrogens with zero attached hydrogens (tertiary/aromatic N) is 4. The number of anilines is 1. The van der Waals surface area contributed by atoms with Crippen LogP contribution in [0.3, 0.4) is 0 Å². The Morgan fingerprint density at radius 2 is 1.81 bits per heavy atom. The van der Waals surface area contributed by atoms with Crippen LogP contribution in [0.1, 0.15) is 18.5 Å². The Morgan fingerprint density at radius 3 is 2.42 bits per heavy atom. The average molecular weight is 373 g/mol. The standard InChI is InChI=1S/C17H16FN5O2S/c1-11(12-3-5-14(18)6-4-12)21-17-20-10-16(22-23-17)13-7-15(9-19-8-13)26(2,24)25/h3-11H,1-2H3,(H,20,21,23). The molecule has 0 saturated carbocycles. The number of benzene rings is 1. The van der Waals surface area contributed by atoms with E-state index in [1.165, 1.54) is 36.8 Å². The molecule has 0 aliphatic carbocycles. The summed E-state index contributed by atoms with van der Waals surface area (Å²) in [5, 5.41) is 11.1. The Balaban J connectivity index is 1.77. The third-order valence-electron chi connectivity index (χ3n) is 3.71. The van der Waals surface area contributed by atoms with Crippen LogP contribution in [-0.2, 0) is 9.84 Å². The highest BCUT2D eigenvalue weighted by atomic mass is 32.2. The predicted molar refractivity (Wildman–Crippen MR) is 94.6 cm³/mol. The number of pyridine rings is 1. The molecule has 2 aromatic heterocycles. The minimum atomic E-state index is -3.36. The lowest BCUT2D eigenvalue weighted by Crippen LogP contribution is -2.10. The first kappa shape index (κ1) is 17.9. The number of hydrogen-bond donors (Lipinski definition) is 1. The molecule has 0 amide bonds. The molecule has 0 bridgehead atoms. The smallest absolute Gasteiger partial charge is 0.243 e. The maximum Gasteiger partial charge on any atom is 0.243 e. The van der Waals surface area contributed by atoms with Gasteiger partial charge in [-0.15, -0.1) is 10.2 Å². The van der Waals surface area contributed by atoms with Crippen LogP contribution < -0.4 is 5.32 Å². The molecule has 2 heterocycles. The van der Waals surface area contributed by atoms with Crippen molar-refractivity contribution in [1.29, 1.82) is 0 Å². The van der Waals surface area contributed by atoms with Crippen molar-refractivity contribution in [3.05, 3.63) is 60.3 Å². The molecule has 134 valence electrons. The van der Waals surface area contributed by atoms with E-state index in [9.17, 15) is 12.8 Å². The van der Waals surface area contributed by atoms with Crippen molar-refractivity contribution in [1.82, 2.24) is 20.2 Å². The molecule has 0 spiro atoms. The molecule has 26 heavy (non-hydrogen) atoms. The van der Waals surface area contributed by atoms with Gasteiger partial charge in [-0.3, -0.25) is 4.98 Å². The van der Waals surface area contributed by atoms with Crippen LogP contribution in [-0.4, -0.2) is 34.8 Å². The van der Waals surface area contributed by atoms with Gasteiger partial charge in [-0.2, -0.15) is 0 Å². The summed E-state index contributed by atoms with van der Waals surface area (Å²) in [5.41, 5.74) is 1.79. The van der Waals surface area contributed by atoms with Crippen LogP contribution in [0.2, 0.25) is 0 Å². The van der Waals surface area contributed by atoms with Crippen molar-refractivity contribution in [2.45, 2.75) is 17.9 Å². The van der Waals surface area contributed by atoms with E-state index in [1.807, 2.05) is 6.92 Å². The quantitative estimate of drug-likeness (QED) is 0.734. The van der Waals surface area contributed by atoms with E-state index in [0.717, 1.165) is 11.8 Å². The van der Waals surface area contributed by atoms with Gasteiger partial charge in [-0.05, 0) is 30.7 Å². The second kappa shape index (κ2) is 7.12. The van der Waals surface area contributed by atoms with Crippen molar-refractivity contribution in [2.24, 2.45) is 0 Å². The lowest BCUT2D eigenvalue weighted by Gasteiger charge is -2.13. The van der Waals surface area contributed by atoms with Gasteiger partial charge < -0.3 is 5.32 Å². The topological polar surface area (TPSA) is 97.7 Å². The molecular formula is C17H16FN5O2S. The Morgan fingerprint density at radius 1 is 1.08 bits per heavy atom. The fourth-order valence-corrected chi connectivity index (χ4v) is 2.86. The maximum atomic E-state index is 13.0. The molecule has 9 heteroatoms. The molecular weight excluding hydrogens is 357 g/mol. The van der Waals surface area contributed by atoms with E-state index in [0.29, 0.717) is 17.2 Å².